The van der Waals surface area contributed by atoms with Crippen LogP contribution in [0.4, 0.5) is 13.2 Å². The van der Waals surface area contributed by atoms with Crippen LogP contribution in [-0.4, -0.2) is 9.78 Å². The average Bonchev–Trinajstić information content (AvgIpc) is 2.66. The number of benzene rings is 1. The fraction of sp³-hybridized carbons (Fsp3) is 0.182. The van der Waals surface area contributed by atoms with Crippen molar-refractivity contribution in [2.24, 2.45) is 12.8 Å². The Morgan fingerprint density at radius 1 is 1.24 bits per heavy atom. The van der Waals surface area contributed by atoms with Gasteiger partial charge in [0.05, 0.1) is 5.69 Å². The maximum Gasteiger partial charge on any atom is 0.194 e. The number of rotatable bonds is 2. The summed E-state index contributed by atoms with van der Waals surface area (Å²) in [5.74, 6) is -3.97. The molecule has 0 aliphatic heterocycles. The lowest BCUT2D eigenvalue weighted by Gasteiger charge is -2.02. The quantitative estimate of drug-likeness (QED) is 0.817. The van der Waals surface area contributed by atoms with E-state index in [0.29, 0.717) is 11.3 Å². The number of hydrogen-bond donors (Lipinski definition) is 1. The molecule has 6 heteroatoms. The second-order valence-electron chi connectivity index (χ2n) is 3.63. The molecule has 2 rings (SSSR count). The van der Waals surface area contributed by atoms with Crippen LogP contribution in [0, 0.1) is 17.5 Å². The lowest BCUT2D eigenvalue weighted by atomic mass is 10.1. The van der Waals surface area contributed by atoms with E-state index in [9.17, 15) is 13.2 Å². The highest BCUT2D eigenvalue weighted by Gasteiger charge is 2.15. The van der Waals surface area contributed by atoms with E-state index in [2.05, 4.69) is 5.10 Å². The van der Waals surface area contributed by atoms with Gasteiger partial charge < -0.3 is 5.73 Å². The zero-order chi connectivity index (χ0) is 12.6. The van der Waals surface area contributed by atoms with Gasteiger partial charge in [-0.3, -0.25) is 4.68 Å². The molecular weight excluding hydrogens is 231 g/mol. The summed E-state index contributed by atoms with van der Waals surface area (Å²) in [4.78, 5) is 0. The topological polar surface area (TPSA) is 43.8 Å². The first-order chi connectivity index (χ1) is 8.02. The third-order valence-corrected chi connectivity index (χ3v) is 2.38. The SMILES string of the molecule is Cn1cc(CN)c(-c2cc(F)c(F)c(F)c2)n1. The Bertz CT molecular complexity index is 540. The maximum absolute atomic E-state index is 13.1. The average molecular weight is 241 g/mol. The highest BCUT2D eigenvalue weighted by molar-refractivity contribution is 5.62. The summed E-state index contributed by atoms with van der Waals surface area (Å²) in [7, 11) is 1.67. The Kier molecular flexibility index (Phi) is 2.89. The Labute approximate surface area is 95.7 Å². The van der Waals surface area contributed by atoms with Gasteiger partial charge in [0, 0.05) is 30.9 Å². The third kappa shape index (κ3) is 2.03. The van der Waals surface area contributed by atoms with Gasteiger partial charge in [0.2, 0.25) is 0 Å². The molecule has 0 aliphatic carbocycles. The van der Waals surface area contributed by atoms with Gasteiger partial charge in [0.25, 0.3) is 0 Å². The molecule has 1 aromatic heterocycles. The molecule has 17 heavy (non-hydrogen) atoms. The van der Waals surface area contributed by atoms with Crippen molar-refractivity contribution in [3.05, 3.63) is 41.3 Å². The molecule has 0 unspecified atom stereocenters. The van der Waals surface area contributed by atoms with E-state index < -0.39 is 17.5 Å². The van der Waals surface area contributed by atoms with E-state index in [-0.39, 0.29) is 12.1 Å². The summed E-state index contributed by atoms with van der Waals surface area (Å²) < 4.78 is 40.5. The number of aryl methyl sites for hydroxylation is 1. The molecule has 90 valence electrons. The van der Waals surface area contributed by atoms with Crippen molar-refractivity contribution in [1.82, 2.24) is 9.78 Å². The van der Waals surface area contributed by atoms with E-state index in [0.717, 1.165) is 12.1 Å². The van der Waals surface area contributed by atoms with Crippen molar-refractivity contribution in [2.75, 3.05) is 0 Å². The van der Waals surface area contributed by atoms with Crippen LogP contribution >= 0.6 is 0 Å². The minimum Gasteiger partial charge on any atom is -0.326 e. The van der Waals surface area contributed by atoms with Crippen molar-refractivity contribution in [3.8, 4) is 11.3 Å². The Hall–Kier alpha value is -1.82. The number of nitrogens with two attached hydrogens (primary N) is 1. The van der Waals surface area contributed by atoms with Gasteiger partial charge in [0.1, 0.15) is 0 Å². The van der Waals surface area contributed by atoms with E-state index in [4.69, 9.17) is 5.73 Å². The fourth-order valence-corrected chi connectivity index (χ4v) is 1.62. The molecule has 0 saturated carbocycles. The van der Waals surface area contributed by atoms with Crippen LogP contribution in [-0.2, 0) is 13.6 Å². The van der Waals surface area contributed by atoms with Crippen molar-refractivity contribution < 1.29 is 13.2 Å². The minimum absolute atomic E-state index is 0.169. The molecule has 0 fully saturated rings. The molecule has 1 aromatic carbocycles. The fourth-order valence-electron chi connectivity index (χ4n) is 1.62. The van der Waals surface area contributed by atoms with Crippen molar-refractivity contribution >= 4 is 0 Å². The Morgan fingerprint density at radius 2 is 1.82 bits per heavy atom. The highest BCUT2D eigenvalue weighted by atomic mass is 19.2. The molecule has 0 spiro atoms. The monoisotopic (exact) mass is 241 g/mol. The van der Waals surface area contributed by atoms with Gasteiger partial charge in [0.15, 0.2) is 17.5 Å². The van der Waals surface area contributed by atoms with Crippen LogP contribution in [0.5, 0.6) is 0 Å². The van der Waals surface area contributed by atoms with Gasteiger partial charge in [-0.1, -0.05) is 0 Å². The summed E-state index contributed by atoms with van der Waals surface area (Å²) >= 11 is 0. The Balaban J connectivity index is 2.60. The summed E-state index contributed by atoms with van der Waals surface area (Å²) in [6.07, 6.45) is 1.65. The molecule has 3 nitrogen and oxygen atoms in total. The molecule has 1 heterocycles. The first-order valence-corrected chi connectivity index (χ1v) is 4.90. The highest BCUT2D eigenvalue weighted by Crippen LogP contribution is 2.25. The normalized spacial score (nSPS) is 10.9. The Morgan fingerprint density at radius 3 is 2.35 bits per heavy atom. The molecule has 0 radical (unpaired) electrons. The van der Waals surface area contributed by atoms with E-state index in [1.165, 1.54) is 4.68 Å². The van der Waals surface area contributed by atoms with Crippen LogP contribution in [0.1, 0.15) is 5.56 Å². The molecule has 0 amide bonds. The van der Waals surface area contributed by atoms with Crippen LogP contribution in [0.2, 0.25) is 0 Å². The van der Waals surface area contributed by atoms with Gasteiger partial charge in [-0.05, 0) is 12.1 Å². The molecule has 0 saturated heterocycles. The van der Waals surface area contributed by atoms with E-state index >= 15 is 0 Å². The van der Waals surface area contributed by atoms with E-state index in [1.54, 1.807) is 13.2 Å². The van der Waals surface area contributed by atoms with Gasteiger partial charge >= 0.3 is 0 Å². The largest absolute Gasteiger partial charge is 0.326 e. The zero-order valence-electron chi connectivity index (χ0n) is 9.04. The van der Waals surface area contributed by atoms with Gasteiger partial charge in [-0.25, -0.2) is 13.2 Å². The van der Waals surface area contributed by atoms with E-state index in [1.807, 2.05) is 0 Å². The van der Waals surface area contributed by atoms with Gasteiger partial charge in [-0.15, -0.1) is 0 Å². The number of nitrogens with zero attached hydrogens (tertiary/aromatic N) is 2. The summed E-state index contributed by atoms with van der Waals surface area (Å²) in [6, 6.07) is 1.81. The summed E-state index contributed by atoms with van der Waals surface area (Å²) in [5, 5.41) is 4.04. The summed E-state index contributed by atoms with van der Waals surface area (Å²) in [5.41, 5.74) is 6.65. The van der Waals surface area contributed by atoms with Crippen molar-refractivity contribution in [2.45, 2.75) is 6.54 Å². The maximum atomic E-state index is 13.1. The molecule has 0 atom stereocenters. The van der Waals surface area contributed by atoms with Crippen LogP contribution in [0.3, 0.4) is 0 Å². The lowest BCUT2D eigenvalue weighted by Crippen LogP contribution is -1.98. The molecule has 0 aliphatic rings. The second kappa shape index (κ2) is 4.21. The first-order valence-electron chi connectivity index (χ1n) is 4.90. The van der Waals surface area contributed by atoms with Crippen molar-refractivity contribution in [1.29, 1.82) is 0 Å². The smallest absolute Gasteiger partial charge is 0.194 e. The van der Waals surface area contributed by atoms with Crippen LogP contribution in [0.25, 0.3) is 11.3 Å². The lowest BCUT2D eigenvalue weighted by molar-refractivity contribution is 0.447. The number of hydrogen-bond acceptors (Lipinski definition) is 2. The summed E-state index contributed by atoms with van der Waals surface area (Å²) in [6.45, 7) is 0.184. The molecule has 2 aromatic rings. The van der Waals surface area contributed by atoms with Gasteiger partial charge in [-0.2, -0.15) is 5.10 Å². The third-order valence-electron chi connectivity index (χ3n) is 2.38. The molecule has 0 bridgehead atoms. The second-order valence-corrected chi connectivity index (χ2v) is 3.63. The number of halogens is 3. The molecule has 2 N–H and O–H groups in total. The van der Waals surface area contributed by atoms with Crippen LogP contribution in [0.15, 0.2) is 18.3 Å². The standard InChI is InChI=1S/C11H10F3N3/c1-17-5-7(4-15)11(16-17)6-2-8(12)10(14)9(13)3-6/h2-3,5H,4,15H2,1H3. The van der Waals surface area contributed by atoms with Crippen molar-refractivity contribution in [3.63, 3.8) is 0 Å². The minimum atomic E-state index is -1.49. The predicted molar refractivity (Wildman–Crippen MR) is 56.4 cm³/mol. The predicted octanol–water partition coefficient (Wildman–Crippen LogP) is 1.96. The first kappa shape index (κ1) is 11.7. The number of aromatic nitrogens is 2. The zero-order valence-corrected chi connectivity index (χ0v) is 9.04. The molecular formula is C11H10F3N3. The van der Waals surface area contributed by atoms with Crippen LogP contribution < -0.4 is 5.73 Å².